The summed E-state index contributed by atoms with van der Waals surface area (Å²) >= 11 is 0. The first kappa shape index (κ1) is 16.7. The van der Waals surface area contributed by atoms with Crippen LogP contribution in [0.25, 0.3) is 11.0 Å². The number of urea groups is 1. The van der Waals surface area contributed by atoms with Crippen LogP contribution in [-0.2, 0) is 10.3 Å². The maximum absolute atomic E-state index is 13.1. The van der Waals surface area contributed by atoms with Gasteiger partial charge in [0.05, 0.1) is 6.54 Å². The summed E-state index contributed by atoms with van der Waals surface area (Å²) in [7, 11) is 0. The molecule has 7 nitrogen and oxygen atoms in total. The topological polar surface area (TPSA) is 81.0 Å². The molecule has 142 valence electrons. The van der Waals surface area contributed by atoms with Crippen LogP contribution in [-0.4, -0.2) is 36.1 Å². The van der Waals surface area contributed by atoms with Crippen LogP contribution in [0.4, 0.5) is 4.79 Å². The molecule has 0 bridgehead atoms. The summed E-state index contributed by atoms with van der Waals surface area (Å²) in [6.07, 6.45) is -0.442. The maximum atomic E-state index is 13.1. The molecule has 1 aromatic heterocycles. The van der Waals surface area contributed by atoms with Crippen molar-refractivity contribution in [3.63, 3.8) is 0 Å². The van der Waals surface area contributed by atoms with Crippen molar-refractivity contribution in [1.82, 2.24) is 10.2 Å². The molecule has 2 aromatic carbocycles. The van der Waals surface area contributed by atoms with Gasteiger partial charge in [-0.1, -0.05) is 30.3 Å². The quantitative estimate of drug-likeness (QED) is 0.709. The Morgan fingerprint density at radius 3 is 2.68 bits per heavy atom. The van der Waals surface area contributed by atoms with Gasteiger partial charge in [0, 0.05) is 5.39 Å². The van der Waals surface area contributed by atoms with Gasteiger partial charge in [-0.3, -0.25) is 9.69 Å². The molecule has 1 saturated heterocycles. The Bertz CT molecular complexity index is 1060. The number of fused-ring (bicyclic) bond motifs is 2. The van der Waals surface area contributed by atoms with Crippen LogP contribution in [0.5, 0.6) is 11.5 Å². The lowest BCUT2D eigenvalue weighted by atomic mass is 9.99. The standard InChI is InChI=1S/C21H18N2O5/c1-21(18-10-13-6-2-3-7-15(13)28-18)19(24)23(20(25)22-21)11-14-12-26-16-8-4-5-9-17(16)27-14/h2-10,14H,11-12H2,1H3,(H,22,25). The van der Waals surface area contributed by atoms with Gasteiger partial charge in [0.25, 0.3) is 5.91 Å². The molecule has 2 aliphatic heterocycles. The molecular formula is C21H18N2O5. The van der Waals surface area contributed by atoms with E-state index in [1.54, 1.807) is 19.1 Å². The molecule has 5 rings (SSSR count). The molecule has 7 heteroatoms. The van der Waals surface area contributed by atoms with Gasteiger partial charge >= 0.3 is 6.03 Å². The summed E-state index contributed by atoms with van der Waals surface area (Å²) < 4.78 is 17.4. The van der Waals surface area contributed by atoms with Gasteiger partial charge in [0.2, 0.25) is 0 Å². The summed E-state index contributed by atoms with van der Waals surface area (Å²) in [5.41, 5.74) is -0.594. The Morgan fingerprint density at radius 2 is 1.86 bits per heavy atom. The van der Waals surface area contributed by atoms with Crippen LogP contribution in [0.1, 0.15) is 12.7 Å². The Hall–Kier alpha value is -3.48. The highest BCUT2D eigenvalue weighted by molar-refractivity contribution is 6.07. The highest BCUT2D eigenvalue weighted by atomic mass is 16.6. The van der Waals surface area contributed by atoms with E-state index in [2.05, 4.69) is 5.32 Å². The van der Waals surface area contributed by atoms with Crippen LogP contribution < -0.4 is 14.8 Å². The van der Waals surface area contributed by atoms with Gasteiger partial charge in [-0.05, 0) is 31.2 Å². The summed E-state index contributed by atoms with van der Waals surface area (Å²) in [6, 6.07) is 16.1. The first-order valence-corrected chi connectivity index (χ1v) is 9.06. The molecule has 1 fully saturated rings. The van der Waals surface area contributed by atoms with Crippen molar-refractivity contribution in [2.24, 2.45) is 0 Å². The minimum atomic E-state index is -1.26. The normalized spacial score (nSPS) is 23.9. The number of rotatable bonds is 3. The molecule has 3 aromatic rings. The highest BCUT2D eigenvalue weighted by Crippen LogP contribution is 2.35. The number of carbonyl (C=O) groups is 2. The third-order valence-electron chi connectivity index (χ3n) is 5.15. The number of amides is 3. The van der Waals surface area contributed by atoms with E-state index >= 15 is 0 Å². The fourth-order valence-electron chi connectivity index (χ4n) is 3.61. The van der Waals surface area contributed by atoms with Crippen LogP contribution in [0, 0.1) is 0 Å². The molecule has 1 N–H and O–H groups in total. The third-order valence-corrected chi connectivity index (χ3v) is 5.15. The third kappa shape index (κ3) is 2.51. The SMILES string of the molecule is CC1(c2cc3ccccc3o2)NC(=O)N(CC2COc3ccccc3O2)C1=O. The van der Waals surface area contributed by atoms with E-state index in [1.165, 1.54) is 0 Å². The Labute approximate surface area is 160 Å². The van der Waals surface area contributed by atoms with Crippen molar-refractivity contribution in [1.29, 1.82) is 0 Å². The molecule has 0 spiro atoms. The van der Waals surface area contributed by atoms with Crippen molar-refractivity contribution in [2.75, 3.05) is 13.2 Å². The number of carbonyl (C=O) groups excluding carboxylic acids is 2. The van der Waals surface area contributed by atoms with E-state index in [-0.39, 0.29) is 19.1 Å². The fraction of sp³-hybridized carbons (Fsp3) is 0.238. The Kier molecular flexibility index (Phi) is 3.58. The van der Waals surface area contributed by atoms with E-state index in [1.807, 2.05) is 42.5 Å². The maximum Gasteiger partial charge on any atom is 0.325 e. The van der Waals surface area contributed by atoms with Gasteiger partial charge in [-0.15, -0.1) is 0 Å². The lowest BCUT2D eigenvalue weighted by molar-refractivity contribution is -0.132. The first-order valence-electron chi connectivity index (χ1n) is 9.06. The van der Waals surface area contributed by atoms with E-state index in [9.17, 15) is 9.59 Å². The van der Waals surface area contributed by atoms with Crippen LogP contribution in [0.2, 0.25) is 0 Å². The average Bonchev–Trinajstić information content (AvgIpc) is 3.24. The number of nitrogens with one attached hydrogen (secondary N) is 1. The second kappa shape index (κ2) is 6.02. The number of hydrogen-bond acceptors (Lipinski definition) is 5. The molecule has 2 atom stereocenters. The Balaban J connectivity index is 1.38. The zero-order chi connectivity index (χ0) is 19.3. The van der Waals surface area contributed by atoms with Crippen molar-refractivity contribution >= 4 is 22.9 Å². The lowest BCUT2D eigenvalue weighted by Gasteiger charge is -2.28. The van der Waals surface area contributed by atoms with Gasteiger partial charge in [-0.25, -0.2) is 4.79 Å². The number of para-hydroxylation sites is 3. The van der Waals surface area contributed by atoms with E-state index in [0.717, 1.165) is 10.3 Å². The molecule has 0 radical (unpaired) electrons. The molecule has 2 aliphatic rings. The molecule has 0 aliphatic carbocycles. The van der Waals surface area contributed by atoms with Crippen LogP contribution in [0.15, 0.2) is 59.0 Å². The van der Waals surface area contributed by atoms with E-state index < -0.39 is 17.7 Å². The fourth-order valence-corrected chi connectivity index (χ4v) is 3.61. The average molecular weight is 378 g/mol. The number of ether oxygens (including phenoxy) is 2. The minimum Gasteiger partial charge on any atom is -0.486 e. The number of benzene rings is 2. The zero-order valence-corrected chi connectivity index (χ0v) is 15.2. The lowest BCUT2D eigenvalue weighted by Crippen LogP contribution is -2.45. The van der Waals surface area contributed by atoms with Crippen molar-refractivity contribution in [3.05, 3.63) is 60.4 Å². The highest BCUT2D eigenvalue weighted by Gasteiger charge is 2.52. The van der Waals surface area contributed by atoms with Crippen LogP contribution in [0.3, 0.4) is 0 Å². The van der Waals surface area contributed by atoms with Gasteiger partial charge in [0.1, 0.15) is 18.0 Å². The summed E-state index contributed by atoms with van der Waals surface area (Å²) in [4.78, 5) is 26.8. The molecule has 0 saturated carbocycles. The van der Waals surface area contributed by atoms with Gasteiger partial charge in [0.15, 0.2) is 23.1 Å². The smallest absolute Gasteiger partial charge is 0.325 e. The largest absolute Gasteiger partial charge is 0.486 e. The number of hydrogen-bond donors (Lipinski definition) is 1. The molecule has 28 heavy (non-hydrogen) atoms. The minimum absolute atomic E-state index is 0.0921. The second-order valence-electron chi connectivity index (χ2n) is 7.12. The molecule has 3 heterocycles. The van der Waals surface area contributed by atoms with Gasteiger partial charge < -0.3 is 19.2 Å². The summed E-state index contributed by atoms with van der Waals surface area (Å²) in [5.74, 6) is 1.29. The molecule has 3 amide bonds. The van der Waals surface area contributed by atoms with E-state index in [4.69, 9.17) is 13.9 Å². The van der Waals surface area contributed by atoms with Crippen molar-refractivity contribution in [2.45, 2.75) is 18.6 Å². The molecule has 2 unspecified atom stereocenters. The molecular weight excluding hydrogens is 360 g/mol. The Morgan fingerprint density at radius 1 is 1.11 bits per heavy atom. The zero-order valence-electron chi connectivity index (χ0n) is 15.2. The number of imide groups is 1. The number of furan rings is 1. The predicted octanol–water partition coefficient (Wildman–Crippen LogP) is 3.04. The summed E-state index contributed by atoms with van der Waals surface area (Å²) in [6.45, 7) is 2.00. The van der Waals surface area contributed by atoms with E-state index in [0.29, 0.717) is 22.8 Å². The van der Waals surface area contributed by atoms with Crippen molar-refractivity contribution in [3.8, 4) is 11.5 Å². The van der Waals surface area contributed by atoms with Crippen LogP contribution >= 0.6 is 0 Å². The van der Waals surface area contributed by atoms with Crippen molar-refractivity contribution < 1.29 is 23.5 Å². The number of nitrogens with zero attached hydrogens (tertiary/aromatic N) is 1. The predicted molar refractivity (Wildman–Crippen MR) is 100 cm³/mol. The summed E-state index contributed by atoms with van der Waals surface area (Å²) in [5, 5.41) is 3.64. The first-order chi connectivity index (χ1) is 13.5. The van der Waals surface area contributed by atoms with Gasteiger partial charge in [-0.2, -0.15) is 0 Å². The second-order valence-corrected chi connectivity index (χ2v) is 7.12. The monoisotopic (exact) mass is 378 g/mol.